The van der Waals surface area contributed by atoms with E-state index in [1.54, 1.807) is 24.0 Å². The summed E-state index contributed by atoms with van der Waals surface area (Å²) in [5, 5.41) is 0. The molecular formula is C17H19F3N6O. The van der Waals surface area contributed by atoms with Crippen LogP contribution >= 0.6 is 0 Å². The van der Waals surface area contributed by atoms with Crippen LogP contribution in [0, 0.1) is 0 Å². The maximum atomic E-state index is 13.3. The van der Waals surface area contributed by atoms with E-state index >= 15 is 0 Å². The summed E-state index contributed by atoms with van der Waals surface area (Å²) in [6, 6.07) is 3.66. The molecule has 2 N–H and O–H groups in total. The van der Waals surface area contributed by atoms with Crippen LogP contribution in [0.4, 0.5) is 19.0 Å². The molecule has 1 aliphatic heterocycles. The fraction of sp³-hybridized carbons (Fsp3) is 0.412. The lowest BCUT2D eigenvalue weighted by atomic mass is 10.2. The lowest BCUT2D eigenvalue weighted by Gasteiger charge is -2.37. The van der Waals surface area contributed by atoms with Crippen LogP contribution in [-0.2, 0) is 11.0 Å². The van der Waals surface area contributed by atoms with Crippen molar-refractivity contribution in [2.24, 2.45) is 5.73 Å². The van der Waals surface area contributed by atoms with Crippen molar-refractivity contribution in [3.63, 3.8) is 0 Å². The number of halogens is 3. The van der Waals surface area contributed by atoms with Gasteiger partial charge in [-0.2, -0.15) is 13.2 Å². The summed E-state index contributed by atoms with van der Waals surface area (Å²) in [6.45, 7) is 3.58. The number of carbonyl (C=O) groups excluding carboxylic acids is 1. The van der Waals surface area contributed by atoms with Gasteiger partial charge in [-0.1, -0.05) is 0 Å². The number of carbonyl (C=O) groups is 1. The Labute approximate surface area is 154 Å². The van der Waals surface area contributed by atoms with Crippen LogP contribution in [0.15, 0.2) is 30.6 Å². The Kier molecular flexibility index (Phi) is 5.26. The zero-order valence-electron chi connectivity index (χ0n) is 14.6. The number of nitrogens with zero attached hydrogens (tertiary/aromatic N) is 5. The van der Waals surface area contributed by atoms with Gasteiger partial charge in [-0.05, 0) is 19.1 Å². The van der Waals surface area contributed by atoms with Crippen LogP contribution in [-0.4, -0.2) is 58.0 Å². The van der Waals surface area contributed by atoms with E-state index in [2.05, 4.69) is 15.0 Å². The summed E-state index contributed by atoms with van der Waals surface area (Å²) in [7, 11) is 0. The average molecular weight is 380 g/mol. The van der Waals surface area contributed by atoms with Gasteiger partial charge in [-0.15, -0.1) is 0 Å². The molecule has 10 heteroatoms. The van der Waals surface area contributed by atoms with Gasteiger partial charge < -0.3 is 10.6 Å². The second-order valence-corrected chi connectivity index (χ2v) is 6.27. The van der Waals surface area contributed by atoms with Crippen LogP contribution in [0.3, 0.4) is 0 Å². The van der Waals surface area contributed by atoms with Crippen LogP contribution in [0.25, 0.3) is 11.4 Å². The van der Waals surface area contributed by atoms with Gasteiger partial charge in [0.15, 0.2) is 11.5 Å². The largest absolute Gasteiger partial charge is 0.433 e. The van der Waals surface area contributed by atoms with E-state index < -0.39 is 23.8 Å². The third kappa shape index (κ3) is 4.33. The number of anilines is 1. The Hall–Kier alpha value is -2.75. The molecule has 144 valence electrons. The van der Waals surface area contributed by atoms with Crippen molar-refractivity contribution in [1.82, 2.24) is 19.9 Å². The molecule has 0 bridgehead atoms. The molecule has 2 aromatic rings. The topological polar surface area (TPSA) is 88.2 Å². The number of rotatable bonds is 4. The molecule has 7 nitrogen and oxygen atoms in total. The highest BCUT2D eigenvalue weighted by Crippen LogP contribution is 2.31. The molecule has 1 atom stereocenters. The highest BCUT2D eigenvalue weighted by molar-refractivity contribution is 5.79. The zero-order valence-corrected chi connectivity index (χ0v) is 14.6. The Morgan fingerprint density at radius 2 is 1.78 bits per heavy atom. The number of amides is 1. The molecule has 1 saturated heterocycles. The van der Waals surface area contributed by atoms with Crippen molar-refractivity contribution in [1.29, 1.82) is 0 Å². The number of hydrogen-bond donors (Lipinski definition) is 1. The SMILES string of the molecule is CC(C(N)=O)N1CCN(c2cc(C(F)(F)F)nc(-c3ccncc3)n2)CC1. The van der Waals surface area contributed by atoms with E-state index in [-0.39, 0.29) is 11.6 Å². The standard InChI is InChI=1S/C17H19F3N6O/c1-11(15(21)27)25-6-8-26(9-7-25)14-10-13(17(18,19)20)23-16(24-14)12-2-4-22-5-3-12/h2-5,10-11H,6-9H2,1H3,(H2,21,27). The van der Waals surface area contributed by atoms with Gasteiger partial charge in [-0.3, -0.25) is 14.7 Å². The minimum Gasteiger partial charge on any atom is -0.368 e. The minimum atomic E-state index is -4.58. The van der Waals surface area contributed by atoms with Gasteiger partial charge in [0.05, 0.1) is 6.04 Å². The lowest BCUT2D eigenvalue weighted by molar-refractivity contribution is -0.141. The van der Waals surface area contributed by atoms with E-state index in [0.717, 1.165) is 6.07 Å². The molecule has 0 radical (unpaired) electrons. The molecule has 2 aromatic heterocycles. The van der Waals surface area contributed by atoms with Crippen LogP contribution in [0.2, 0.25) is 0 Å². The molecule has 1 amide bonds. The summed E-state index contributed by atoms with van der Waals surface area (Å²) in [5.41, 5.74) is 4.78. The van der Waals surface area contributed by atoms with Crippen LogP contribution in [0.5, 0.6) is 0 Å². The van der Waals surface area contributed by atoms with Crippen LogP contribution < -0.4 is 10.6 Å². The molecule has 1 aliphatic rings. The number of primary amides is 1. The van der Waals surface area contributed by atoms with Crippen molar-refractivity contribution >= 4 is 11.7 Å². The van der Waals surface area contributed by atoms with Crippen molar-refractivity contribution in [2.45, 2.75) is 19.1 Å². The Bertz CT molecular complexity index is 806. The summed E-state index contributed by atoms with van der Waals surface area (Å²) in [6.07, 6.45) is -1.63. The first kappa shape index (κ1) is 19.0. The highest BCUT2D eigenvalue weighted by Gasteiger charge is 2.35. The third-order valence-corrected chi connectivity index (χ3v) is 4.54. The molecule has 0 saturated carbocycles. The molecule has 3 rings (SSSR count). The van der Waals surface area contributed by atoms with Gasteiger partial charge >= 0.3 is 6.18 Å². The van der Waals surface area contributed by atoms with Crippen molar-refractivity contribution in [3.8, 4) is 11.4 Å². The summed E-state index contributed by atoms with van der Waals surface area (Å²) in [4.78, 5) is 26.8. The molecule has 0 aromatic carbocycles. The number of aromatic nitrogens is 3. The number of pyridine rings is 1. The number of hydrogen-bond acceptors (Lipinski definition) is 6. The third-order valence-electron chi connectivity index (χ3n) is 4.54. The van der Waals surface area contributed by atoms with Crippen molar-refractivity contribution in [3.05, 3.63) is 36.3 Å². The Morgan fingerprint density at radius 3 is 2.33 bits per heavy atom. The van der Waals surface area contributed by atoms with E-state index in [0.29, 0.717) is 31.7 Å². The monoisotopic (exact) mass is 380 g/mol. The Morgan fingerprint density at radius 1 is 1.15 bits per heavy atom. The fourth-order valence-electron chi connectivity index (χ4n) is 2.89. The fourth-order valence-corrected chi connectivity index (χ4v) is 2.89. The summed E-state index contributed by atoms with van der Waals surface area (Å²) in [5.74, 6) is -0.226. The normalized spacial score (nSPS) is 17.0. The van der Waals surface area contributed by atoms with Crippen molar-refractivity contribution in [2.75, 3.05) is 31.1 Å². The second-order valence-electron chi connectivity index (χ2n) is 6.27. The quantitative estimate of drug-likeness (QED) is 0.866. The number of nitrogens with two attached hydrogens (primary N) is 1. The van der Waals surface area contributed by atoms with Crippen molar-refractivity contribution < 1.29 is 18.0 Å². The first-order valence-electron chi connectivity index (χ1n) is 8.40. The number of piperazine rings is 1. The maximum Gasteiger partial charge on any atom is 0.433 e. The van der Waals surface area contributed by atoms with E-state index in [1.807, 2.05) is 4.90 Å². The predicted octanol–water partition coefficient (Wildman–Crippen LogP) is 1.55. The van der Waals surface area contributed by atoms with E-state index in [4.69, 9.17) is 5.73 Å². The molecule has 27 heavy (non-hydrogen) atoms. The first-order valence-corrected chi connectivity index (χ1v) is 8.40. The lowest BCUT2D eigenvalue weighted by Crippen LogP contribution is -2.53. The van der Waals surface area contributed by atoms with E-state index in [1.165, 1.54) is 12.4 Å². The van der Waals surface area contributed by atoms with Gasteiger partial charge in [-0.25, -0.2) is 9.97 Å². The molecule has 3 heterocycles. The molecule has 0 spiro atoms. The predicted molar refractivity (Wildman–Crippen MR) is 92.7 cm³/mol. The highest BCUT2D eigenvalue weighted by atomic mass is 19.4. The maximum absolute atomic E-state index is 13.3. The average Bonchev–Trinajstić information content (AvgIpc) is 2.67. The van der Waals surface area contributed by atoms with Gasteiger partial charge in [0, 0.05) is 50.2 Å². The van der Waals surface area contributed by atoms with Gasteiger partial charge in [0.2, 0.25) is 5.91 Å². The molecule has 1 fully saturated rings. The van der Waals surface area contributed by atoms with Gasteiger partial charge in [0.1, 0.15) is 5.82 Å². The van der Waals surface area contributed by atoms with Gasteiger partial charge in [0.25, 0.3) is 0 Å². The first-order chi connectivity index (χ1) is 12.8. The Balaban J connectivity index is 1.88. The molecule has 0 aliphatic carbocycles. The van der Waals surface area contributed by atoms with Crippen LogP contribution in [0.1, 0.15) is 12.6 Å². The summed E-state index contributed by atoms with van der Waals surface area (Å²) < 4.78 is 39.9. The number of alkyl halides is 3. The second kappa shape index (κ2) is 7.47. The zero-order chi connectivity index (χ0) is 19.6. The molecular weight excluding hydrogens is 361 g/mol. The minimum absolute atomic E-state index is 0.00448. The smallest absolute Gasteiger partial charge is 0.368 e. The van der Waals surface area contributed by atoms with E-state index in [9.17, 15) is 18.0 Å². The molecule has 1 unspecified atom stereocenters. The summed E-state index contributed by atoms with van der Waals surface area (Å²) >= 11 is 0.